The molecule has 188 valence electrons. The molecule has 10 nitrogen and oxygen atoms in total. The summed E-state index contributed by atoms with van der Waals surface area (Å²) in [7, 11) is 1.30. The zero-order chi connectivity index (χ0) is 25.9. The Bertz CT molecular complexity index is 1290. The van der Waals surface area contributed by atoms with E-state index >= 15 is 0 Å². The van der Waals surface area contributed by atoms with Crippen molar-refractivity contribution in [1.82, 2.24) is 19.4 Å². The van der Waals surface area contributed by atoms with Crippen LogP contribution < -0.4 is 10.3 Å². The van der Waals surface area contributed by atoms with Gasteiger partial charge in [0.15, 0.2) is 0 Å². The zero-order valence-corrected chi connectivity index (χ0v) is 20.6. The second-order valence-corrected chi connectivity index (χ2v) is 9.36. The van der Waals surface area contributed by atoms with Crippen molar-refractivity contribution in [1.29, 1.82) is 0 Å². The maximum Gasteiger partial charge on any atom is 0.410 e. The molecule has 36 heavy (non-hydrogen) atoms. The van der Waals surface area contributed by atoms with E-state index in [2.05, 4.69) is 9.97 Å². The van der Waals surface area contributed by atoms with E-state index in [-0.39, 0.29) is 24.1 Å². The third-order valence-corrected chi connectivity index (χ3v) is 5.37. The molecular formula is C26H28N4O6. The maximum absolute atomic E-state index is 13.1. The molecular weight excluding hydrogens is 464 g/mol. The van der Waals surface area contributed by atoms with Crippen LogP contribution in [0.3, 0.4) is 0 Å². The van der Waals surface area contributed by atoms with Crippen molar-refractivity contribution in [2.24, 2.45) is 0 Å². The number of likely N-dealkylation sites (tertiary alicyclic amines) is 1. The summed E-state index contributed by atoms with van der Waals surface area (Å²) in [4.78, 5) is 47.4. The van der Waals surface area contributed by atoms with E-state index < -0.39 is 17.7 Å². The fraction of sp³-hybridized carbons (Fsp3) is 0.346. The molecule has 3 heterocycles. The number of hydrogen-bond donors (Lipinski definition) is 0. The van der Waals surface area contributed by atoms with Crippen molar-refractivity contribution in [2.75, 3.05) is 20.2 Å². The van der Waals surface area contributed by atoms with Gasteiger partial charge in [0.1, 0.15) is 17.5 Å². The third kappa shape index (κ3) is 5.88. The maximum atomic E-state index is 13.1. The summed E-state index contributed by atoms with van der Waals surface area (Å²) in [6.45, 7) is 6.27. The average molecular weight is 493 g/mol. The van der Waals surface area contributed by atoms with Crippen LogP contribution in [0.1, 0.15) is 36.8 Å². The number of carbonyl (C=O) groups is 2. The summed E-state index contributed by atoms with van der Waals surface area (Å²) < 4.78 is 17.5. The number of methoxy groups -OCH3 is 1. The predicted molar refractivity (Wildman–Crippen MR) is 131 cm³/mol. The summed E-state index contributed by atoms with van der Waals surface area (Å²) in [5.41, 5.74) is 0.731. The standard InChI is InChI=1S/C26H28N4O6/c1-26(2,3)36-25(33)29-15-20(16-29)35-21-12-22(31)30(23(28-21)17-8-6-5-7-9-17)14-19-11-10-18(13-27-19)24(32)34-4/h5-13,20H,14-16H2,1-4H3. The van der Waals surface area contributed by atoms with Crippen molar-refractivity contribution in [2.45, 2.75) is 39.0 Å². The number of amides is 1. The van der Waals surface area contributed by atoms with E-state index in [1.165, 1.54) is 23.9 Å². The van der Waals surface area contributed by atoms with Gasteiger partial charge in [0.2, 0.25) is 5.88 Å². The molecule has 3 aromatic rings. The minimum absolute atomic E-state index is 0.146. The molecule has 1 aliphatic heterocycles. The van der Waals surface area contributed by atoms with Crippen molar-refractivity contribution in [3.05, 3.63) is 76.3 Å². The molecule has 0 saturated carbocycles. The lowest BCUT2D eigenvalue weighted by Gasteiger charge is -2.39. The first-order chi connectivity index (χ1) is 17.1. The molecule has 10 heteroatoms. The highest BCUT2D eigenvalue weighted by Gasteiger charge is 2.35. The van der Waals surface area contributed by atoms with Crippen molar-refractivity contribution < 1.29 is 23.8 Å². The van der Waals surface area contributed by atoms with Crippen LogP contribution in [0.5, 0.6) is 5.88 Å². The van der Waals surface area contributed by atoms with Crippen LogP contribution >= 0.6 is 0 Å². The van der Waals surface area contributed by atoms with Crippen molar-refractivity contribution in [3.8, 4) is 17.3 Å². The first-order valence-electron chi connectivity index (χ1n) is 11.5. The van der Waals surface area contributed by atoms with Gasteiger partial charge < -0.3 is 19.1 Å². The van der Waals surface area contributed by atoms with Crippen LogP contribution in [0.4, 0.5) is 4.79 Å². The Balaban J connectivity index is 1.54. The minimum Gasteiger partial charge on any atom is -0.470 e. The van der Waals surface area contributed by atoms with Gasteiger partial charge in [0.05, 0.1) is 44.1 Å². The van der Waals surface area contributed by atoms with Gasteiger partial charge in [-0.2, -0.15) is 4.98 Å². The van der Waals surface area contributed by atoms with E-state index in [0.717, 1.165) is 5.56 Å². The normalized spacial score (nSPS) is 13.6. The second-order valence-electron chi connectivity index (χ2n) is 9.36. The van der Waals surface area contributed by atoms with Crippen LogP contribution in [-0.4, -0.2) is 63.4 Å². The molecule has 1 aliphatic rings. The molecule has 1 fully saturated rings. The Morgan fingerprint density at radius 2 is 1.81 bits per heavy atom. The fourth-order valence-electron chi connectivity index (χ4n) is 3.58. The van der Waals surface area contributed by atoms with Crippen LogP contribution in [0.25, 0.3) is 11.4 Å². The number of rotatable bonds is 6. The number of aromatic nitrogens is 3. The summed E-state index contributed by atoms with van der Waals surface area (Å²) in [6.07, 6.45) is 0.713. The van der Waals surface area contributed by atoms with E-state index in [1.54, 1.807) is 17.0 Å². The fourth-order valence-corrected chi connectivity index (χ4v) is 3.58. The number of nitrogens with zero attached hydrogens (tertiary/aromatic N) is 4. The third-order valence-electron chi connectivity index (χ3n) is 5.37. The predicted octanol–water partition coefficient (Wildman–Crippen LogP) is 3.14. The molecule has 0 unspecified atom stereocenters. The Morgan fingerprint density at radius 3 is 2.42 bits per heavy atom. The van der Waals surface area contributed by atoms with Crippen molar-refractivity contribution >= 4 is 12.1 Å². The molecule has 2 aromatic heterocycles. The van der Waals surface area contributed by atoms with E-state index in [0.29, 0.717) is 30.2 Å². The SMILES string of the molecule is COC(=O)c1ccc(Cn2c(-c3ccccc3)nc(OC3CN(C(=O)OC(C)(C)C)C3)cc2=O)nc1. The van der Waals surface area contributed by atoms with Gasteiger partial charge >= 0.3 is 12.1 Å². The minimum atomic E-state index is -0.575. The van der Waals surface area contributed by atoms with Crippen LogP contribution in [0, 0.1) is 0 Å². The number of ether oxygens (including phenoxy) is 3. The number of hydrogen-bond acceptors (Lipinski definition) is 8. The summed E-state index contributed by atoms with van der Waals surface area (Å²) >= 11 is 0. The Morgan fingerprint density at radius 1 is 1.08 bits per heavy atom. The zero-order valence-electron chi connectivity index (χ0n) is 20.6. The van der Waals surface area contributed by atoms with Gasteiger partial charge in [-0.3, -0.25) is 14.3 Å². The average Bonchev–Trinajstić information content (AvgIpc) is 2.81. The van der Waals surface area contributed by atoms with Gasteiger partial charge in [0.25, 0.3) is 5.56 Å². The second kappa shape index (κ2) is 10.2. The highest BCUT2D eigenvalue weighted by atomic mass is 16.6. The molecule has 1 saturated heterocycles. The Hall–Kier alpha value is -4.21. The lowest BCUT2D eigenvalue weighted by atomic mass is 10.1. The number of esters is 1. The van der Waals surface area contributed by atoms with Crippen molar-refractivity contribution in [3.63, 3.8) is 0 Å². The van der Waals surface area contributed by atoms with Gasteiger partial charge in [-0.25, -0.2) is 9.59 Å². The van der Waals surface area contributed by atoms with Crippen LogP contribution in [0.2, 0.25) is 0 Å². The summed E-state index contributed by atoms with van der Waals surface area (Å²) in [5.74, 6) is 0.110. The lowest BCUT2D eigenvalue weighted by molar-refractivity contribution is -0.0232. The van der Waals surface area contributed by atoms with Gasteiger partial charge in [0, 0.05) is 11.8 Å². The van der Waals surface area contributed by atoms with E-state index in [4.69, 9.17) is 14.2 Å². The quantitative estimate of drug-likeness (QED) is 0.483. The molecule has 0 spiro atoms. The molecule has 4 rings (SSSR count). The largest absolute Gasteiger partial charge is 0.470 e. The molecule has 0 radical (unpaired) electrons. The molecule has 1 amide bonds. The first kappa shape index (κ1) is 24.9. The first-order valence-corrected chi connectivity index (χ1v) is 11.5. The smallest absolute Gasteiger partial charge is 0.410 e. The molecule has 0 N–H and O–H groups in total. The van der Waals surface area contributed by atoms with Crippen LogP contribution in [-0.2, 0) is 16.0 Å². The van der Waals surface area contributed by atoms with E-state index in [1.807, 2.05) is 51.1 Å². The molecule has 0 atom stereocenters. The number of pyridine rings is 1. The molecule has 1 aromatic carbocycles. The molecule has 0 bridgehead atoms. The Kier molecular flexibility index (Phi) is 7.05. The van der Waals surface area contributed by atoms with E-state index in [9.17, 15) is 14.4 Å². The highest BCUT2D eigenvalue weighted by Crippen LogP contribution is 2.22. The highest BCUT2D eigenvalue weighted by molar-refractivity contribution is 5.88. The topological polar surface area (TPSA) is 113 Å². The summed E-state index contributed by atoms with van der Waals surface area (Å²) in [5, 5.41) is 0. The van der Waals surface area contributed by atoms with Gasteiger partial charge in [-0.05, 0) is 32.9 Å². The molecule has 0 aliphatic carbocycles. The number of carbonyl (C=O) groups excluding carboxylic acids is 2. The van der Waals surface area contributed by atoms with Gasteiger partial charge in [-0.1, -0.05) is 30.3 Å². The monoisotopic (exact) mass is 492 g/mol. The van der Waals surface area contributed by atoms with Gasteiger partial charge in [-0.15, -0.1) is 0 Å². The number of benzene rings is 1. The lowest BCUT2D eigenvalue weighted by Crippen LogP contribution is -2.57. The van der Waals surface area contributed by atoms with Crippen LogP contribution in [0.15, 0.2) is 59.5 Å². The summed E-state index contributed by atoms with van der Waals surface area (Å²) in [6, 6.07) is 13.9. The Labute approximate surface area is 208 Å².